The van der Waals surface area contributed by atoms with E-state index in [-0.39, 0.29) is 17.7 Å². The Hall–Kier alpha value is -0.870. The van der Waals surface area contributed by atoms with E-state index in [1.54, 1.807) is 12.1 Å². The fraction of sp³-hybridized carbons (Fsp3) is 0.500. The third-order valence-corrected chi connectivity index (χ3v) is 4.23. The third kappa shape index (κ3) is 3.06. The zero-order valence-electron chi connectivity index (χ0n) is 10.0. The lowest BCUT2D eigenvalue weighted by molar-refractivity contribution is 0.586. The van der Waals surface area contributed by atoms with Crippen LogP contribution in [0.25, 0.3) is 0 Å². The summed E-state index contributed by atoms with van der Waals surface area (Å²) < 4.78 is 23.4. The SMILES string of the molecule is CC(C)(C)c1ccc(S(=O)(=O)CCN)cc1. The summed E-state index contributed by atoms with van der Waals surface area (Å²) in [5.74, 6) is 0.00185. The summed E-state index contributed by atoms with van der Waals surface area (Å²) in [5.41, 5.74) is 6.43. The highest BCUT2D eigenvalue weighted by atomic mass is 32.2. The molecule has 0 saturated heterocycles. The first kappa shape index (κ1) is 13.2. The average Bonchev–Trinajstić information content (AvgIpc) is 2.16. The van der Waals surface area contributed by atoms with Gasteiger partial charge in [0.15, 0.2) is 9.84 Å². The third-order valence-electron chi connectivity index (χ3n) is 2.47. The second kappa shape index (κ2) is 4.55. The van der Waals surface area contributed by atoms with Crippen molar-refractivity contribution in [1.82, 2.24) is 0 Å². The lowest BCUT2D eigenvalue weighted by Gasteiger charge is -2.19. The first-order chi connectivity index (χ1) is 7.27. The number of benzene rings is 1. The molecule has 0 spiro atoms. The molecule has 0 aliphatic heterocycles. The van der Waals surface area contributed by atoms with E-state index in [1.165, 1.54) is 0 Å². The van der Waals surface area contributed by atoms with Crippen LogP contribution in [0.2, 0.25) is 0 Å². The Kier molecular flexibility index (Phi) is 3.76. The molecule has 4 heteroatoms. The van der Waals surface area contributed by atoms with Gasteiger partial charge in [-0.2, -0.15) is 0 Å². The molecule has 0 atom stereocenters. The van der Waals surface area contributed by atoms with Gasteiger partial charge in [0.1, 0.15) is 0 Å². The van der Waals surface area contributed by atoms with Gasteiger partial charge >= 0.3 is 0 Å². The molecule has 0 aromatic heterocycles. The summed E-state index contributed by atoms with van der Waals surface area (Å²) in [6.07, 6.45) is 0. The van der Waals surface area contributed by atoms with Crippen LogP contribution in [0.3, 0.4) is 0 Å². The predicted octanol–water partition coefficient (Wildman–Crippen LogP) is 1.72. The fourth-order valence-corrected chi connectivity index (χ4v) is 2.53. The number of sulfone groups is 1. The van der Waals surface area contributed by atoms with Gasteiger partial charge in [-0.15, -0.1) is 0 Å². The summed E-state index contributed by atoms with van der Waals surface area (Å²) in [5, 5.41) is 0. The minimum Gasteiger partial charge on any atom is -0.329 e. The number of hydrogen-bond acceptors (Lipinski definition) is 3. The molecule has 3 nitrogen and oxygen atoms in total. The van der Waals surface area contributed by atoms with Crippen molar-refractivity contribution in [1.29, 1.82) is 0 Å². The van der Waals surface area contributed by atoms with Crippen LogP contribution >= 0.6 is 0 Å². The van der Waals surface area contributed by atoms with E-state index in [0.29, 0.717) is 4.90 Å². The Morgan fingerprint density at radius 1 is 1.12 bits per heavy atom. The molecular weight excluding hydrogens is 222 g/mol. The Morgan fingerprint density at radius 3 is 2.00 bits per heavy atom. The average molecular weight is 241 g/mol. The molecule has 16 heavy (non-hydrogen) atoms. The van der Waals surface area contributed by atoms with Crippen molar-refractivity contribution in [3.63, 3.8) is 0 Å². The molecule has 0 aliphatic rings. The van der Waals surface area contributed by atoms with Gasteiger partial charge in [-0.1, -0.05) is 32.9 Å². The van der Waals surface area contributed by atoms with Gasteiger partial charge in [0.25, 0.3) is 0 Å². The summed E-state index contributed by atoms with van der Waals surface area (Å²) >= 11 is 0. The highest BCUT2D eigenvalue weighted by Gasteiger charge is 2.16. The van der Waals surface area contributed by atoms with Crippen LogP contribution in [-0.2, 0) is 15.3 Å². The van der Waals surface area contributed by atoms with E-state index in [9.17, 15) is 8.42 Å². The Labute approximate surface area is 97.6 Å². The predicted molar refractivity (Wildman–Crippen MR) is 66.2 cm³/mol. The smallest absolute Gasteiger partial charge is 0.179 e. The maximum atomic E-state index is 11.7. The van der Waals surface area contributed by atoms with E-state index in [2.05, 4.69) is 20.8 Å². The topological polar surface area (TPSA) is 60.2 Å². The Morgan fingerprint density at radius 2 is 1.62 bits per heavy atom. The molecule has 0 bridgehead atoms. The highest BCUT2D eigenvalue weighted by molar-refractivity contribution is 7.91. The van der Waals surface area contributed by atoms with Crippen LogP contribution in [0.1, 0.15) is 26.3 Å². The molecule has 90 valence electrons. The normalized spacial score (nSPS) is 12.8. The van der Waals surface area contributed by atoms with Crippen molar-refractivity contribution in [2.75, 3.05) is 12.3 Å². The van der Waals surface area contributed by atoms with Gasteiger partial charge in [-0.05, 0) is 23.1 Å². The van der Waals surface area contributed by atoms with Crippen molar-refractivity contribution < 1.29 is 8.42 Å². The molecule has 0 saturated carbocycles. The molecule has 0 heterocycles. The monoisotopic (exact) mass is 241 g/mol. The van der Waals surface area contributed by atoms with Gasteiger partial charge in [-0.25, -0.2) is 8.42 Å². The van der Waals surface area contributed by atoms with Crippen molar-refractivity contribution in [2.24, 2.45) is 5.73 Å². The maximum Gasteiger partial charge on any atom is 0.179 e. The Balaban J connectivity index is 3.05. The van der Waals surface area contributed by atoms with Gasteiger partial charge in [0.05, 0.1) is 10.6 Å². The summed E-state index contributed by atoms with van der Waals surface area (Å²) in [4.78, 5) is 0.353. The minimum atomic E-state index is -3.20. The van der Waals surface area contributed by atoms with Gasteiger partial charge in [0.2, 0.25) is 0 Å². The van der Waals surface area contributed by atoms with Gasteiger partial charge in [-0.3, -0.25) is 0 Å². The molecule has 0 unspecified atom stereocenters. The molecule has 1 rings (SSSR count). The van der Waals surface area contributed by atoms with E-state index in [0.717, 1.165) is 5.56 Å². The zero-order valence-corrected chi connectivity index (χ0v) is 10.8. The fourth-order valence-electron chi connectivity index (χ4n) is 1.44. The largest absolute Gasteiger partial charge is 0.329 e. The molecular formula is C12H19NO2S. The second-order valence-electron chi connectivity index (χ2n) is 4.88. The summed E-state index contributed by atoms with van der Waals surface area (Å²) in [6, 6.07) is 7.05. The Bertz CT molecular complexity index is 441. The maximum absolute atomic E-state index is 11.7. The van der Waals surface area contributed by atoms with E-state index < -0.39 is 9.84 Å². The van der Waals surface area contributed by atoms with E-state index in [1.807, 2.05) is 12.1 Å². The van der Waals surface area contributed by atoms with Crippen molar-refractivity contribution in [2.45, 2.75) is 31.1 Å². The van der Waals surface area contributed by atoms with Gasteiger partial charge in [0, 0.05) is 6.54 Å². The van der Waals surface area contributed by atoms with Crippen molar-refractivity contribution in [3.8, 4) is 0 Å². The van der Waals surface area contributed by atoms with Crippen LogP contribution in [-0.4, -0.2) is 20.7 Å². The quantitative estimate of drug-likeness (QED) is 0.876. The first-order valence-electron chi connectivity index (χ1n) is 5.31. The van der Waals surface area contributed by atoms with Crippen LogP contribution < -0.4 is 5.73 Å². The lowest BCUT2D eigenvalue weighted by Crippen LogP contribution is -2.16. The summed E-state index contributed by atoms with van der Waals surface area (Å²) in [6.45, 7) is 6.44. The standard InChI is InChI=1S/C12H19NO2S/c1-12(2,3)10-4-6-11(7-5-10)16(14,15)9-8-13/h4-7H,8-9,13H2,1-3H3. The molecule has 1 aromatic rings. The number of nitrogens with two attached hydrogens (primary N) is 1. The van der Waals surface area contributed by atoms with Crippen LogP contribution in [0, 0.1) is 0 Å². The van der Waals surface area contributed by atoms with E-state index in [4.69, 9.17) is 5.73 Å². The zero-order chi connectivity index (χ0) is 12.4. The molecule has 0 radical (unpaired) electrons. The van der Waals surface area contributed by atoms with Gasteiger partial charge < -0.3 is 5.73 Å². The second-order valence-corrected chi connectivity index (χ2v) is 6.99. The summed E-state index contributed by atoms with van der Waals surface area (Å²) in [7, 11) is -3.20. The number of rotatable bonds is 3. The van der Waals surface area contributed by atoms with Crippen molar-refractivity contribution >= 4 is 9.84 Å². The van der Waals surface area contributed by atoms with Crippen molar-refractivity contribution in [3.05, 3.63) is 29.8 Å². The van der Waals surface area contributed by atoms with Crippen LogP contribution in [0.4, 0.5) is 0 Å². The highest BCUT2D eigenvalue weighted by Crippen LogP contribution is 2.23. The number of hydrogen-bond donors (Lipinski definition) is 1. The van der Waals surface area contributed by atoms with E-state index >= 15 is 0 Å². The molecule has 0 amide bonds. The minimum absolute atomic E-state index is 0.00185. The molecule has 1 aromatic carbocycles. The molecule has 2 N–H and O–H groups in total. The molecule has 0 aliphatic carbocycles. The van der Waals surface area contributed by atoms with Crippen LogP contribution in [0.5, 0.6) is 0 Å². The lowest BCUT2D eigenvalue weighted by atomic mass is 9.87. The van der Waals surface area contributed by atoms with Crippen LogP contribution in [0.15, 0.2) is 29.2 Å². The molecule has 0 fully saturated rings. The first-order valence-corrected chi connectivity index (χ1v) is 6.96.